The molecule has 2 aromatic carbocycles. The number of hydrogen-bond donors (Lipinski definition) is 1. The molecule has 0 atom stereocenters. The summed E-state index contributed by atoms with van der Waals surface area (Å²) in [5.41, 5.74) is 2.75. The van der Waals surface area contributed by atoms with Crippen LogP contribution in [0.4, 0.5) is 10.1 Å². The number of benzene rings is 2. The predicted octanol–water partition coefficient (Wildman–Crippen LogP) is 5.47. The largest absolute Gasteiger partial charge is 0.380 e. The van der Waals surface area contributed by atoms with Crippen molar-refractivity contribution in [2.24, 2.45) is 0 Å². The van der Waals surface area contributed by atoms with Gasteiger partial charge in [-0.1, -0.05) is 36.4 Å². The van der Waals surface area contributed by atoms with Crippen LogP contribution in [0, 0.1) is 12.7 Å². The molecule has 0 aliphatic heterocycles. The van der Waals surface area contributed by atoms with E-state index < -0.39 is 0 Å². The summed E-state index contributed by atoms with van der Waals surface area (Å²) in [6.07, 6.45) is 0. The molecule has 0 spiro atoms. The summed E-state index contributed by atoms with van der Waals surface area (Å²) in [6.45, 7) is 2.50. The molecule has 1 nitrogen and oxygen atoms in total. The lowest BCUT2D eigenvalue weighted by atomic mass is 10.2. The van der Waals surface area contributed by atoms with Gasteiger partial charge in [-0.25, -0.2) is 4.39 Å². The third-order valence-electron chi connectivity index (χ3n) is 3.44. The summed E-state index contributed by atoms with van der Waals surface area (Å²) in [4.78, 5) is 2.49. The Morgan fingerprint density at radius 2 is 1.76 bits per heavy atom. The average molecular weight is 297 g/mol. The first-order chi connectivity index (χ1) is 10.2. The van der Waals surface area contributed by atoms with E-state index in [4.69, 9.17) is 0 Å². The highest BCUT2D eigenvalue weighted by atomic mass is 32.1. The molecule has 3 heteroatoms. The molecule has 0 bridgehead atoms. The summed E-state index contributed by atoms with van der Waals surface area (Å²) in [7, 11) is 0. The maximum Gasteiger partial charge on any atom is 0.128 e. The summed E-state index contributed by atoms with van der Waals surface area (Å²) in [6, 6.07) is 19.7. The molecular weight excluding hydrogens is 281 g/mol. The van der Waals surface area contributed by atoms with Gasteiger partial charge in [0.15, 0.2) is 0 Å². The zero-order valence-corrected chi connectivity index (χ0v) is 12.6. The Kier molecular flexibility index (Phi) is 4.02. The lowest BCUT2D eigenvalue weighted by Gasteiger charge is -2.08. The van der Waals surface area contributed by atoms with Crippen molar-refractivity contribution in [2.45, 2.75) is 13.5 Å². The average Bonchev–Trinajstić information content (AvgIpc) is 2.99. The van der Waals surface area contributed by atoms with Crippen LogP contribution in [0.25, 0.3) is 10.4 Å². The normalized spacial score (nSPS) is 10.6. The van der Waals surface area contributed by atoms with Gasteiger partial charge in [0.25, 0.3) is 0 Å². The van der Waals surface area contributed by atoms with Crippen molar-refractivity contribution < 1.29 is 4.39 Å². The first-order valence-corrected chi connectivity index (χ1v) is 7.69. The number of thiophene rings is 1. The summed E-state index contributed by atoms with van der Waals surface area (Å²) < 4.78 is 13.5. The highest BCUT2D eigenvalue weighted by molar-refractivity contribution is 7.15. The first kappa shape index (κ1) is 13.8. The van der Waals surface area contributed by atoms with Gasteiger partial charge in [0.2, 0.25) is 0 Å². The van der Waals surface area contributed by atoms with Crippen LogP contribution in [0.1, 0.15) is 10.4 Å². The maximum atomic E-state index is 13.5. The van der Waals surface area contributed by atoms with Crippen molar-refractivity contribution in [1.82, 2.24) is 0 Å². The Morgan fingerprint density at radius 3 is 2.57 bits per heavy atom. The second-order valence-corrected chi connectivity index (χ2v) is 6.07. The van der Waals surface area contributed by atoms with Gasteiger partial charge in [0.1, 0.15) is 5.82 Å². The summed E-state index contributed by atoms with van der Waals surface area (Å²) in [5.74, 6) is -0.170. The van der Waals surface area contributed by atoms with E-state index in [2.05, 4.69) is 29.6 Å². The van der Waals surface area contributed by atoms with E-state index >= 15 is 0 Å². The zero-order valence-electron chi connectivity index (χ0n) is 11.8. The van der Waals surface area contributed by atoms with E-state index in [1.54, 1.807) is 24.3 Å². The summed E-state index contributed by atoms with van der Waals surface area (Å²) >= 11 is 1.76. The Bertz CT molecular complexity index is 734. The van der Waals surface area contributed by atoms with Crippen LogP contribution in [-0.2, 0) is 6.54 Å². The first-order valence-electron chi connectivity index (χ1n) is 6.87. The molecule has 0 saturated carbocycles. The molecule has 1 aromatic heterocycles. The van der Waals surface area contributed by atoms with Crippen LogP contribution in [0.3, 0.4) is 0 Å². The standard InChI is InChI=1S/C18H16FNS/c1-13-16(19)8-5-9-17(13)20-12-15-10-11-18(21-15)14-6-3-2-4-7-14/h2-11,20H,12H2,1H3. The number of anilines is 1. The topological polar surface area (TPSA) is 12.0 Å². The molecule has 0 aliphatic rings. The highest BCUT2D eigenvalue weighted by Crippen LogP contribution is 2.28. The molecule has 3 rings (SSSR count). The zero-order chi connectivity index (χ0) is 14.7. The number of nitrogens with one attached hydrogen (secondary N) is 1. The van der Waals surface area contributed by atoms with Gasteiger partial charge in [-0.2, -0.15) is 0 Å². The van der Waals surface area contributed by atoms with E-state index in [1.807, 2.05) is 24.3 Å². The van der Waals surface area contributed by atoms with Gasteiger partial charge in [0, 0.05) is 27.5 Å². The van der Waals surface area contributed by atoms with Crippen molar-refractivity contribution in [1.29, 1.82) is 0 Å². The van der Waals surface area contributed by atoms with Crippen LogP contribution >= 0.6 is 11.3 Å². The smallest absolute Gasteiger partial charge is 0.128 e. The Morgan fingerprint density at radius 1 is 0.952 bits per heavy atom. The van der Waals surface area contributed by atoms with Gasteiger partial charge >= 0.3 is 0 Å². The second-order valence-electron chi connectivity index (χ2n) is 4.90. The fourth-order valence-corrected chi connectivity index (χ4v) is 3.16. The predicted molar refractivity (Wildman–Crippen MR) is 88.2 cm³/mol. The molecule has 1 N–H and O–H groups in total. The minimum Gasteiger partial charge on any atom is -0.380 e. The molecule has 1 heterocycles. The van der Waals surface area contributed by atoms with E-state index in [0.717, 1.165) is 5.69 Å². The Hall–Kier alpha value is -2.13. The number of hydrogen-bond acceptors (Lipinski definition) is 2. The molecule has 0 saturated heterocycles. The molecule has 0 radical (unpaired) electrons. The summed E-state index contributed by atoms with van der Waals surface area (Å²) in [5, 5.41) is 3.31. The van der Waals surface area contributed by atoms with Crippen LogP contribution in [0.5, 0.6) is 0 Å². The minimum absolute atomic E-state index is 0.170. The Balaban J connectivity index is 1.72. The van der Waals surface area contributed by atoms with Crippen molar-refractivity contribution in [2.75, 3.05) is 5.32 Å². The third kappa shape index (κ3) is 3.14. The number of halogens is 1. The maximum absolute atomic E-state index is 13.5. The highest BCUT2D eigenvalue weighted by Gasteiger charge is 2.05. The van der Waals surface area contributed by atoms with E-state index in [1.165, 1.54) is 21.4 Å². The number of rotatable bonds is 4. The minimum atomic E-state index is -0.170. The molecule has 106 valence electrons. The molecule has 0 fully saturated rings. The SMILES string of the molecule is Cc1c(F)cccc1NCc1ccc(-c2ccccc2)s1. The van der Waals surface area contributed by atoms with Gasteiger partial charge in [-0.05, 0) is 36.8 Å². The molecular formula is C18H16FNS. The van der Waals surface area contributed by atoms with Crippen LogP contribution in [0.15, 0.2) is 60.7 Å². The van der Waals surface area contributed by atoms with E-state index in [9.17, 15) is 4.39 Å². The van der Waals surface area contributed by atoms with E-state index in [0.29, 0.717) is 12.1 Å². The van der Waals surface area contributed by atoms with Crippen LogP contribution in [0.2, 0.25) is 0 Å². The molecule has 21 heavy (non-hydrogen) atoms. The van der Waals surface area contributed by atoms with Gasteiger partial charge in [-0.15, -0.1) is 11.3 Å². The van der Waals surface area contributed by atoms with Crippen molar-refractivity contribution in [3.8, 4) is 10.4 Å². The van der Waals surface area contributed by atoms with Gasteiger partial charge < -0.3 is 5.32 Å². The fourth-order valence-electron chi connectivity index (χ4n) is 2.21. The molecule has 0 amide bonds. The van der Waals surface area contributed by atoms with Crippen LogP contribution in [-0.4, -0.2) is 0 Å². The Labute approximate surface area is 128 Å². The quantitative estimate of drug-likeness (QED) is 0.673. The molecule has 0 aliphatic carbocycles. The molecule has 0 unspecified atom stereocenters. The lowest BCUT2D eigenvalue weighted by Crippen LogP contribution is -2.00. The second kappa shape index (κ2) is 6.10. The molecule has 3 aromatic rings. The van der Waals surface area contributed by atoms with Gasteiger partial charge in [0.05, 0.1) is 0 Å². The van der Waals surface area contributed by atoms with Crippen LogP contribution < -0.4 is 5.32 Å². The van der Waals surface area contributed by atoms with Crippen molar-refractivity contribution >= 4 is 17.0 Å². The third-order valence-corrected chi connectivity index (χ3v) is 4.58. The van der Waals surface area contributed by atoms with E-state index in [-0.39, 0.29) is 5.82 Å². The van der Waals surface area contributed by atoms with Crippen molar-refractivity contribution in [3.05, 3.63) is 76.9 Å². The monoisotopic (exact) mass is 297 g/mol. The fraction of sp³-hybridized carbons (Fsp3) is 0.111. The van der Waals surface area contributed by atoms with Crippen molar-refractivity contribution in [3.63, 3.8) is 0 Å². The lowest BCUT2D eigenvalue weighted by molar-refractivity contribution is 0.619. The van der Waals surface area contributed by atoms with Gasteiger partial charge in [-0.3, -0.25) is 0 Å².